The van der Waals surface area contributed by atoms with Crippen LogP contribution in [0.2, 0.25) is 0 Å². The van der Waals surface area contributed by atoms with E-state index in [1.54, 1.807) is 0 Å². The van der Waals surface area contributed by atoms with Crippen LogP contribution in [-0.2, 0) is 33.6 Å². The van der Waals surface area contributed by atoms with Crippen LogP contribution in [-0.4, -0.2) is 106 Å². The van der Waals surface area contributed by atoms with Crippen LogP contribution < -0.4 is 38.1 Å². The molecule has 0 fully saturated rings. The maximum atomic E-state index is 12.8. The molecule has 220 valence electrons. The van der Waals surface area contributed by atoms with Crippen molar-refractivity contribution in [3.05, 3.63) is 0 Å². The van der Waals surface area contributed by atoms with Crippen LogP contribution in [0.3, 0.4) is 0 Å². The van der Waals surface area contributed by atoms with Crippen molar-refractivity contribution in [1.29, 1.82) is 0 Å². The lowest BCUT2D eigenvalue weighted by Gasteiger charge is -2.22. The number of thiol groups is 2. The minimum atomic E-state index is -1.66. The second-order valence-corrected chi connectivity index (χ2v) is 8.69. The predicted molar refractivity (Wildman–Crippen MR) is 144 cm³/mol. The molecule has 4 atom stereocenters. The highest BCUT2D eigenvalue weighted by atomic mass is 32.1. The summed E-state index contributed by atoms with van der Waals surface area (Å²) in [6.07, 6.45) is -0.604. The first-order chi connectivity index (χ1) is 18.2. The molecule has 0 aromatic rings. The van der Waals surface area contributed by atoms with Crippen LogP contribution in [0.25, 0.3) is 0 Å². The Bertz CT molecular complexity index is 946. The van der Waals surface area contributed by atoms with Crippen molar-refractivity contribution in [2.45, 2.75) is 50.4 Å². The summed E-state index contributed by atoms with van der Waals surface area (Å²) in [6, 6.07) is -5.34. The maximum Gasteiger partial charge on any atom is 0.327 e. The van der Waals surface area contributed by atoms with E-state index < -0.39 is 78.6 Å². The van der Waals surface area contributed by atoms with E-state index in [0.717, 1.165) is 0 Å². The van der Waals surface area contributed by atoms with Gasteiger partial charge in [-0.2, -0.15) is 25.3 Å². The summed E-state index contributed by atoms with van der Waals surface area (Å²) in [5.74, 6) is -7.52. The van der Waals surface area contributed by atoms with E-state index in [1.165, 1.54) is 6.92 Å². The molecule has 17 nitrogen and oxygen atoms in total. The Morgan fingerprint density at radius 3 is 1.85 bits per heavy atom. The summed E-state index contributed by atoms with van der Waals surface area (Å²) in [7, 11) is 0. The number of aliphatic carboxylic acids is 2. The molecular weight excluding hydrogens is 560 g/mol. The lowest BCUT2D eigenvalue weighted by molar-refractivity contribution is -0.143. The molecule has 0 aromatic heterocycles. The molecule has 0 spiro atoms. The van der Waals surface area contributed by atoms with E-state index in [9.17, 15) is 33.6 Å². The smallest absolute Gasteiger partial charge is 0.327 e. The number of guanidine groups is 1. The molecular formula is C20H34N8O9S2. The van der Waals surface area contributed by atoms with Gasteiger partial charge in [-0.1, -0.05) is 0 Å². The highest BCUT2D eigenvalue weighted by Gasteiger charge is 2.29. The molecule has 0 aliphatic heterocycles. The lowest BCUT2D eigenvalue weighted by Crippen LogP contribution is -2.56. The number of rotatable bonds is 18. The summed E-state index contributed by atoms with van der Waals surface area (Å²) in [5.41, 5.74) is 10.5. The average molecular weight is 595 g/mol. The standard InChI is InChI=1S/C20H34N8O9S2/c1-9(29)25-12(7-38)18(35)27-10(3-2-4-23-20(21)22)16(33)24-6-14(30)26-11(5-15(31)32)17(34)28-13(8-39)19(36)37/h10-13,38-39H,2-8H2,1H3,(H,24,33)(H,25,29)(H,26,30)(H,27,35)(H,28,34)(H,31,32)(H,36,37)(H4,21,22,23)/t10-,11-,12-,13-/m0/s1. The second-order valence-electron chi connectivity index (χ2n) is 7.96. The Morgan fingerprint density at radius 1 is 0.795 bits per heavy atom. The van der Waals surface area contributed by atoms with E-state index in [-0.39, 0.29) is 36.9 Å². The van der Waals surface area contributed by atoms with Crippen LogP contribution in [0.1, 0.15) is 26.2 Å². The fourth-order valence-electron chi connectivity index (χ4n) is 2.86. The molecule has 19 heteroatoms. The number of nitrogens with one attached hydrogen (secondary N) is 5. The molecule has 0 aromatic carbocycles. The molecule has 0 bridgehead atoms. The number of carbonyl (C=O) groups excluding carboxylic acids is 5. The second kappa shape index (κ2) is 18.5. The topological polar surface area (TPSA) is 284 Å². The molecule has 11 N–H and O–H groups in total. The number of carbonyl (C=O) groups is 7. The van der Waals surface area contributed by atoms with Crippen LogP contribution in [0, 0.1) is 0 Å². The summed E-state index contributed by atoms with van der Waals surface area (Å²) in [5, 5.41) is 29.3. The minimum Gasteiger partial charge on any atom is -0.481 e. The number of carboxylic acids is 2. The average Bonchev–Trinajstić information content (AvgIpc) is 2.84. The van der Waals surface area contributed by atoms with Crippen LogP contribution in [0.15, 0.2) is 4.99 Å². The first-order valence-electron chi connectivity index (χ1n) is 11.4. The Morgan fingerprint density at radius 2 is 1.36 bits per heavy atom. The quantitative estimate of drug-likeness (QED) is 0.0311. The Balaban J connectivity index is 5.36. The lowest BCUT2D eigenvalue weighted by atomic mass is 10.1. The predicted octanol–water partition coefficient (Wildman–Crippen LogP) is -4.47. The van der Waals surface area contributed by atoms with Gasteiger partial charge < -0.3 is 48.3 Å². The fourth-order valence-corrected chi connectivity index (χ4v) is 3.37. The van der Waals surface area contributed by atoms with Gasteiger partial charge >= 0.3 is 11.9 Å². The number of hydrogen-bond acceptors (Lipinski definition) is 10. The van der Waals surface area contributed by atoms with E-state index >= 15 is 0 Å². The zero-order valence-electron chi connectivity index (χ0n) is 21.0. The largest absolute Gasteiger partial charge is 0.481 e. The molecule has 5 amide bonds. The Labute approximate surface area is 234 Å². The van der Waals surface area contributed by atoms with Gasteiger partial charge in [0.15, 0.2) is 5.96 Å². The van der Waals surface area contributed by atoms with E-state index in [0.29, 0.717) is 0 Å². The highest BCUT2D eigenvalue weighted by Crippen LogP contribution is 2.02. The van der Waals surface area contributed by atoms with Crippen molar-refractivity contribution in [2.24, 2.45) is 16.5 Å². The van der Waals surface area contributed by atoms with Crippen LogP contribution in [0.4, 0.5) is 0 Å². The number of nitrogens with two attached hydrogens (primary N) is 2. The van der Waals surface area contributed by atoms with E-state index in [4.69, 9.17) is 21.7 Å². The molecule has 0 radical (unpaired) electrons. The normalized spacial score (nSPS) is 13.4. The third kappa shape index (κ3) is 15.3. The van der Waals surface area contributed by atoms with Crippen LogP contribution in [0.5, 0.6) is 0 Å². The first-order valence-corrected chi connectivity index (χ1v) is 12.6. The monoisotopic (exact) mass is 594 g/mol. The maximum absolute atomic E-state index is 12.8. The van der Waals surface area contributed by atoms with Gasteiger partial charge in [0.25, 0.3) is 0 Å². The summed E-state index contributed by atoms with van der Waals surface area (Å²) in [6.45, 7) is 0.596. The van der Waals surface area contributed by atoms with Crippen molar-refractivity contribution in [1.82, 2.24) is 26.6 Å². The van der Waals surface area contributed by atoms with E-state index in [2.05, 4.69) is 56.8 Å². The van der Waals surface area contributed by atoms with E-state index in [1.807, 2.05) is 0 Å². The molecule has 0 aliphatic carbocycles. The Kier molecular flexibility index (Phi) is 16.7. The summed E-state index contributed by atoms with van der Waals surface area (Å²) in [4.78, 5) is 87.3. The molecule has 0 heterocycles. The van der Waals surface area contributed by atoms with Crippen molar-refractivity contribution < 1.29 is 43.8 Å². The summed E-state index contributed by atoms with van der Waals surface area (Å²) >= 11 is 7.79. The van der Waals surface area contributed by atoms with Gasteiger partial charge in [0.2, 0.25) is 29.5 Å². The van der Waals surface area contributed by atoms with Crippen molar-refractivity contribution in [3.63, 3.8) is 0 Å². The van der Waals surface area contributed by atoms with Gasteiger partial charge in [0.1, 0.15) is 24.2 Å². The zero-order valence-corrected chi connectivity index (χ0v) is 22.8. The number of carboxylic acid groups (broad SMARTS) is 2. The molecule has 0 rings (SSSR count). The van der Waals surface area contributed by atoms with Gasteiger partial charge in [0.05, 0.1) is 13.0 Å². The molecule has 0 saturated heterocycles. The third-order valence-electron chi connectivity index (χ3n) is 4.71. The fraction of sp³-hybridized carbons (Fsp3) is 0.600. The van der Waals surface area contributed by atoms with Crippen molar-refractivity contribution in [2.75, 3.05) is 24.6 Å². The number of aliphatic imine (C=N–C) groups is 1. The van der Waals surface area contributed by atoms with Gasteiger partial charge in [-0.25, -0.2) is 4.79 Å². The van der Waals surface area contributed by atoms with Gasteiger partial charge in [-0.3, -0.25) is 33.8 Å². The SMILES string of the molecule is CC(=O)N[C@@H](CS)C(=O)N[C@@H](CCCN=C(N)N)C(=O)NCC(=O)N[C@@H](CC(=O)O)C(=O)N[C@@H](CS)C(=O)O. The van der Waals surface area contributed by atoms with Crippen molar-refractivity contribution in [3.8, 4) is 0 Å². The number of hydrogen-bond donors (Lipinski definition) is 11. The molecule has 39 heavy (non-hydrogen) atoms. The molecule has 0 saturated carbocycles. The van der Waals surface area contributed by atoms with Gasteiger partial charge in [-0.05, 0) is 12.8 Å². The highest BCUT2D eigenvalue weighted by molar-refractivity contribution is 7.80. The first kappa shape index (κ1) is 35.3. The van der Waals surface area contributed by atoms with Crippen LogP contribution >= 0.6 is 25.3 Å². The van der Waals surface area contributed by atoms with Gasteiger partial charge in [-0.15, -0.1) is 0 Å². The van der Waals surface area contributed by atoms with Gasteiger partial charge in [0, 0.05) is 25.0 Å². The molecule has 0 aliphatic rings. The number of amides is 5. The third-order valence-corrected chi connectivity index (χ3v) is 5.44. The number of nitrogens with zero attached hydrogens (tertiary/aromatic N) is 1. The minimum absolute atomic E-state index is 0.0275. The summed E-state index contributed by atoms with van der Waals surface area (Å²) < 4.78 is 0. The zero-order chi connectivity index (χ0) is 30.1. The van der Waals surface area contributed by atoms with Crippen molar-refractivity contribution >= 4 is 72.7 Å². The molecule has 0 unspecified atom stereocenters. The Hall–Kier alpha value is -3.74.